The van der Waals surface area contributed by atoms with Crippen LogP contribution in [0.1, 0.15) is 38.3 Å². The average Bonchev–Trinajstić information content (AvgIpc) is 2.34. The Morgan fingerprint density at radius 3 is 2.63 bits per heavy atom. The Balaban J connectivity index is 2.98. The number of carbonyl (C=O) groups excluding carboxylic acids is 1. The van der Waals surface area contributed by atoms with Crippen LogP contribution in [-0.2, 0) is 20.7 Å². The molecule has 0 spiro atoms. The summed E-state index contributed by atoms with van der Waals surface area (Å²) in [6.07, 6.45) is -0.553. The van der Waals surface area contributed by atoms with E-state index in [9.17, 15) is 9.59 Å². The fraction of sp³-hybridized carbons (Fsp3) is 0.583. The van der Waals surface area contributed by atoms with E-state index in [0.717, 1.165) is 0 Å². The first-order chi connectivity index (χ1) is 8.99. The zero-order chi connectivity index (χ0) is 14.4. The largest absolute Gasteiger partial charge is 0.466 e. The molecule has 0 radical (unpaired) electrons. The molecule has 0 aliphatic rings. The molecule has 1 heterocycles. The Kier molecular flexibility index (Phi) is 5.50. The van der Waals surface area contributed by atoms with Crippen LogP contribution in [0, 0.1) is 0 Å². The third-order valence-corrected chi connectivity index (χ3v) is 2.49. The van der Waals surface area contributed by atoms with Crippen LogP contribution < -0.4 is 11.3 Å². The van der Waals surface area contributed by atoms with Crippen LogP contribution in [0.2, 0.25) is 0 Å². The van der Waals surface area contributed by atoms with Crippen molar-refractivity contribution in [3.63, 3.8) is 0 Å². The Hall–Kier alpha value is -1.89. The number of nitrogen functional groups attached to an aromatic ring is 1. The first kappa shape index (κ1) is 15.2. The summed E-state index contributed by atoms with van der Waals surface area (Å²) < 4.78 is 10.1. The molecule has 0 amide bonds. The molecule has 0 bridgehead atoms. The van der Waals surface area contributed by atoms with Crippen LogP contribution in [0.15, 0.2) is 4.79 Å². The van der Waals surface area contributed by atoms with Crippen molar-refractivity contribution in [2.24, 2.45) is 0 Å². The minimum Gasteiger partial charge on any atom is -0.466 e. The maximum Gasteiger partial charge on any atom is 0.310 e. The molecule has 0 aromatic carbocycles. The predicted octanol–water partition coefficient (Wildman–Crippen LogP) is 0.555. The topological polar surface area (TPSA) is 107 Å². The van der Waals surface area contributed by atoms with E-state index >= 15 is 0 Å². The first-order valence-corrected chi connectivity index (χ1v) is 6.15. The van der Waals surface area contributed by atoms with Gasteiger partial charge < -0.3 is 20.2 Å². The van der Waals surface area contributed by atoms with Crippen molar-refractivity contribution in [2.75, 3.05) is 18.9 Å². The maximum absolute atomic E-state index is 11.9. The summed E-state index contributed by atoms with van der Waals surface area (Å²) in [5, 5.41) is 0. The maximum atomic E-state index is 11.9. The standard InChI is InChI=1S/C12H19N3O4/c1-4-18-7(3)11-14-10(13)8(12(17)15-11)6-9(16)19-5-2/h7H,4-6H2,1-3H3,(H3,13,14,15,17). The monoisotopic (exact) mass is 269 g/mol. The number of nitrogens with two attached hydrogens (primary N) is 1. The molecule has 1 aromatic rings. The summed E-state index contributed by atoms with van der Waals surface area (Å²) in [4.78, 5) is 29.9. The highest BCUT2D eigenvalue weighted by molar-refractivity contribution is 5.74. The number of carbonyl (C=O) groups is 1. The van der Waals surface area contributed by atoms with E-state index in [1.54, 1.807) is 13.8 Å². The zero-order valence-electron chi connectivity index (χ0n) is 11.4. The number of H-pyrrole nitrogens is 1. The Morgan fingerprint density at radius 1 is 1.42 bits per heavy atom. The summed E-state index contributed by atoms with van der Waals surface area (Å²) in [7, 11) is 0. The van der Waals surface area contributed by atoms with Gasteiger partial charge in [-0.15, -0.1) is 0 Å². The fourth-order valence-corrected chi connectivity index (χ4v) is 1.58. The van der Waals surface area contributed by atoms with Crippen molar-refractivity contribution in [3.05, 3.63) is 21.7 Å². The summed E-state index contributed by atoms with van der Waals surface area (Å²) in [6.45, 7) is 6.04. The average molecular weight is 269 g/mol. The summed E-state index contributed by atoms with van der Waals surface area (Å²) >= 11 is 0. The number of aromatic nitrogens is 2. The number of rotatable bonds is 6. The number of hydrogen-bond acceptors (Lipinski definition) is 6. The van der Waals surface area contributed by atoms with E-state index < -0.39 is 11.5 Å². The van der Waals surface area contributed by atoms with Gasteiger partial charge in [-0.3, -0.25) is 9.59 Å². The molecule has 106 valence electrons. The van der Waals surface area contributed by atoms with Gasteiger partial charge in [-0.25, -0.2) is 4.98 Å². The lowest BCUT2D eigenvalue weighted by Gasteiger charge is -2.12. The summed E-state index contributed by atoms with van der Waals surface area (Å²) in [5.41, 5.74) is 5.38. The fourth-order valence-electron chi connectivity index (χ4n) is 1.58. The second-order valence-corrected chi connectivity index (χ2v) is 3.89. The molecule has 0 fully saturated rings. The van der Waals surface area contributed by atoms with Gasteiger partial charge in [-0.05, 0) is 20.8 Å². The van der Waals surface area contributed by atoms with E-state index in [2.05, 4.69) is 9.97 Å². The van der Waals surface area contributed by atoms with E-state index in [4.69, 9.17) is 15.2 Å². The highest BCUT2D eigenvalue weighted by Crippen LogP contribution is 2.13. The van der Waals surface area contributed by atoms with Gasteiger partial charge in [-0.2, -0.15) is 0 Å². The van der Waals surface area contributed by atoms with Gasteiger partial charge in [0.1, 0.15) is 17.7 Å². The quantitative estimate of drug-likeness (QED) is 0.730. The van der Waals surface area contributed by atoms with Crippen molar-refractivity contribution in [3.8, 4) is 0 Å². The lowest BCUT2D eigenvalue weighted by atomic mass is 10.2. The lowest BCUT2D eigenvalue weighted by Crippen LogP contribution is -2.24. The van der Waals surface area contributed by atoms with Crippen LogP contribution in [0.25, 0.3) is 0 Å². The number of ether oxygens (including phenoxy) is 2. The van der Waals surface area contributed by atoms with Gasteiger partial charge >= 0.3 is 5.97 Å². The number of aromatic amines is 1. The highest BCUT2D eigenvalue weighted by atomic mass is 16.5. The molecule has 3 N–H and O–H groups in total. The van der Waals surface area contributed by atoms with Gasteiger partial charge in [0.05, 0.1) is 18.6 Å². The predicted molar refractivity (Wildman–Crippen MR) is 69.6 cm³/mol. The van der Waals surface area contributed by atoms with Gasteiger partial charge in [-0.1, -0.05) is 0 Å². The first-order valence-electron chi connectivity index (χ1n) is 6.15. The molecule has 1 rings (SSSR count). The van der Waals surface area contributed by atoms with Gasteiger partial charge in [0.25, 0.3) is 5.56 Å². The van der Waals surface area contributed by atoms with Crippen molar-refractivity contribution in [1.29, 1.82) is 0 Å². The molecule has 1 aromatic heterocycles. The zero-order valence-corrected chi connectivity index (χ0v) is 11.4. The molecule has 0 saturated heterocycles. The number of anilines is 1. The Morgan fingerprint density at radius 2 is 2.11 bits per heavy atom. The normalized spacial score (nSPS) is 12.2. The van der Waals surface area contributed by atoms with Crippen LogP contribution in [0.4, 0.5) is 5.82 Å². The SMILES string of the molecule is CCOC(=O)Cc1c(N)nc(C(C)OCC)[nH]c1=O. The molecule has 1 unspecified atom stereocenters. The second kappa shape index (κ2) is 6.89. The van der Waals surface area contributed by atoms with E-state index in [1.165, 1.54) is 0 Å². The van der Waals surface area contributed by atoms with E-state index in [0.29, 0.717) is 12.4 Å². The summed E-state index contributed by atoms with van der Waals surface area (Å²) in [5.74, 6) is -0.137. The number of nitrogens with one attached hydrogen (secondary N) is 1. The van der Waals surface area contributed by atoms with Crippen molar-refractivity contribution < 1.29 is 14.3 Å². The minimum atomic E-state index is -0.507. The van der Waals surface area contributed by atoms with E-state index in [1.807, 2.05) is 6.92 Å². The molecular formula is C12H19N3O4. The van der Waals surface area contributed by atoms with Crippen LogP contribution in [-0.4, -0.2) is 29.2 Å². The minimum absolute atomic E-state index is 0.0263. The van der Waals surface area contributed by atoms with Crippen molar-refractivity contribution >= 4 is 11.8 Å². The number of nitrogens with zero attached hydrogens (tertiary/aromatic N) is 1. The van der Waals surface area contributed by atoms with Crippen molar-refractivity contribution in [1.82, 2.24) is 9.97 Å². The molecule has 0 saturated carbocycles. The van der Waals surface area contributed by atoms with Crippen LogP contribution >= 0.6 is 0 Å². The van der Waals surface area contributed by atoms with E-state index in [-0.39, 0.29) is 30.5 Å². The van der Waals surface area contributed by atoms with Crippen LogP contribution in [0.5, 0.6) is 0 Å². The van der Waals surface area contributed by atoms with Crippen LogP contribution in [0.3, 0.4) is 0 Å². The van der Waals surface area contributed by atoms with Gasteiger partial charge in [0, 0.05) is 6.61 Å². The number of esters is 1. The molecule has 7 nitrogen and oxygen atoms in total. The van der Waals surface area contributed by atoms with Gasteiger partial charge in [0.15, 0.2) is 0 Å². The smallest absolute Gasteiger partial charge is 0.310 e. The number of hydrogen-bond donors (Lipinski definition) is 2. The molecular weight excluding hydrogens is 250 g/mol. The Labute approximate surface area is 111 Å². The third-order valence-electron chi connectivity index (χ3n) is 2.49. The molecule has 7 heteroatoms. The highest BCUT2D eigenvalue weighted by Gasteiger charge is 2.16. The molecule has 0 aliphatic heterocycles. The van der Waals surface area contributed by atoms with Crippen molar-refractivity contribution in [2.45, 2.75) is 33.3 Å². The molecule has 19 heavy (non-hydrogen) atoms. The lowest BCUT2D eigenvalue weighted by molar-refractivity contribution is -0.142. The molecule has 1 atom stereocenters. The van der Waals surface area contributed by atoms with Gasteiger partial charge in [0.2, 0.25) is 0 Å². The summed E-state index contributed by atoms with van der Waals surface area (Å²) in [6, 6.07) is 0. The Bertz CT molecular complexity index is 498. The third kappa shape index (κ3) is 4.06. The molecule has 0 aliphatic carbocycles. The second-order valence-electron chi connectivity index (χ2n) is 3.89.